The zero-order valence-corrected chi connectivity index (χ0v) is 10.9. The molecule has 0 saturated carbocycles. The van der Waals surface area contributed by atoms with Crippen LogP contribution in [0.2, 0.25) is 0 Å². The summed E-state index contributed by atoms with van der Waals surface area (Å²) in [6, 6.07) is 6.50. The van der Waals surface area contributed by atoms with Gasteiger partial charge in [-0.1, -0.05) is 12.1 Å². The van der Waals surface area contributed by atoms with E-state index in [1.807, 2.05) is 12.1 Å². The van der Waals surface area contributed by atoms with Gasteiger partial charge in [0.1, 0.15) is 0 Å². The second kappa shape index (κ2) is 4.97. The lowest BCUT2D eigenvalue weighted by Gasteiger charge is -2.40. The number of benzene rings is 1. The monoisotopic (exact) mass is 273 g/mol. The highest BCUT2D eigenvalue weighted by atomic mass is 16.6. The minimum atomic E-state index is -0.404. The summed E-state index contributed by atoms with van der Waals surface area (Å²) in [5.74, 6) is 0. The Morgan fingerprint density at radius 2 is 2.10 bits per heavy atom. The molecule has 104 valence electrons. The van der Waals surface area contributed by atoms with Gasteiger partial charge in [0.25, 0.3) is 5.69 Å². The van der Waals surface area contributed by atoms with Crippen LogP contribution in [0.25, 0.3) is 6.08 Å². The maximum absolute atomic E-state index is 10.8. The molecule has 0 spiro atoms. The highest BCUT2D eigenvalue weighted by Crippen LogP contribution is 2.34. The first-order chi connectivity index (χ1) is 9.69. The Morgan fingerprint density at radius 3 is 2.75 bits per heavy atom. The Labute approximate surface area is 116 Å². The van der Waals surface area contributed by atoms with Gasteiger partial charge < -0.3 is 4.90 Å². The first-order valence-electron chi connectivity index (χ1n) is 6.52. The second-order valence-corrected chi connectivity index (χ2v) is 4.96. The van der Waals surface area contributed by atoms with E-state index in [4.69, 9.17) is 0 Å². The van der Waals surface area contributed by atoms with Crippen LogP contribution in [0.5, 0.6) is 0 Å². The Morgan fingerprint density at radius 1 is 1.35 bits per heavy atom. The molecule has 2 bridgehead atoms. The second-order valence-electron chi connectivity index (χ2n) is 4.96. The van der Waals surface area contributed by atoms with Crippen molar-refractivity contribution in [3.8, 4) is 0 Å². The lowest BCUT2D eigenvalue weighted by Crippen LogP contribution is -2.39. The molecule has 1 saturated heterocycles. The number of piperidine rings is 1. The van der Waals surface area contributed by atoms with E-state index in [1.54, 1.807) is 6.07 Å². The summed E-state index contributed by atoms with van der Waals surface area (Å²) in [6.07, 6.45) is 3.79. The minimum Gasteiger partial charge on any atom is -0.369 e. The van der Waals surface area contributed by atoms with Crippen LogP contribution in [0.1, 0.15) is 18.4 Å². The van der Waals surface area contributed by atoms with Crippen LogP contribution in [0.15, 0.2) is 41.2 Å². The topological polar surface area (TPSA) is 78.6 Å². The number of nitrogens with one attached hydrogen (secondary N) is 1. The molecular weight excluding hydrogens is 258 g/mol. The summed E-state index contributed by atoms with van der Waals surface area (Å²) >= 11 is 0. The normalized spacial score (nSPS) is 19.6. The number of hydrogen-bond acceptors (Lipinski definition) is 5. The van der Waals surface area contributed by atoms with Crippen molar-refractivity contribution in [3.05, 3.63) is 56.9 Å². The molecule has 0 aromatic heterocycles. The number of fused-ring (bicyclic) bond motifs is 3. The molecule has 6 nitrogen and oxygen atoms in total. The van der Waals surface area contributed by atoms with Gasteiger partial charge in [0.15, 0.2) is 0 Å². The van der Waals surface area contributed by atoms with E-state index >= 15 is 0 Å². The van der Waals surface area contributed by atoms with Crippen molar-refractivity contribution in [3.63, 3.8) is 0 Å². The first kappa shape index (κ1) is 12.7. The standard InChI is InChI=1S/C14H15N3O3/c18-15-14-11-4-6-16(7-5-11)13(14)9-10-2-1-3-12(8-10)17(19)20/h1-3,8-9,15,18H,4-7H2. The van der Waals surface area contributed by atoms with E-state index in [0.717, 1.165) is 42.9 Å². The summed E-state index contributed by atoms with van der Waals surface area (Å²) in [7, 11) is 0. The predicted molar refractivity (Wildman–Crippen MR) is 73.8 cm³/mol. The van der Waals surface area contributed by atoms with Crippen molar-refractivity contribution in [1.82, 2.24) is 10.4 Å². The molecule has 1 aromatic rings. The van der Waals surface area contributed by atoms with E-state index in [2.05, 4.69) is 10.4 Å². The molecule has 6 heteroatoms. The molecule has 3 heterocycles. The van der Waals surface area contributed by atoms with E-state index in [9.17, 15) is 15.3 Å². The zero-order chi connectivity index (χ0) is 14.1. The van der Waals surface area contributed by atoms with Crippen molar-refractivity contribution < 1.29 is 10.1 Å². The molecule has 0 radical (unpaired) electrons. The molecular formula is C14H15N3O3. The van der Waals surface area contributed by atoms with Gasteiger partial charge in [-0.15, -0.1) is 0 Å². The van der Waals surface area contributed by atoms with Crippen molar-refractivity contribution in [2.45, 2.75) is 12.8 Å². The molecule has 2 N–H and O–H groups in total. The number of nitro benzene ring substituents is 1. The summed E-state index contributed by atoms with van der Waals surface area (Å²) < 4.78 is 0. The zero-order valence-electron chi connectivity index (χ0n) is 10.9. The van der Waals surface area contributed by atoms with Gasteiger partial charge in [-0.2, -0.15) is 0 Å². The molecule has 3 aliphatic rings. The van der Waals surface area contributed by atoms with Crippen molar-refractivity contribution in [2.75, 3.05) is 13.1 Å². The third-order valence-electron chi connectivity index (χ3n) is 3.81. The van der Waals surface area contributed by atoms with E-state index in [-0.39, 0.29) is 5.69 Å². The van der Waals surface area contributed by atoms with Crippen molar-refractivity contribution >= 4 is 11.8 Å². The van der Waals surface area contributed by atoms with Gasteiger partial charge in [0.2, 0.25) is 0 Å². The summed E-state index contributed by atoms with van der Waals surface area (Å²) in [4.78, 5) is 12.6. The minimum absolute atomic E-state index is 0.0708. The van der Waals surface area contributed by atoms with Gasteiger partial charge in [-0.25, -0.2) is 0 Å². The van der Waals surface area contributed by atoms with Crippen molar-refractivity contribution in [1.29, 1.82) is 0 Å². The number of rotatable bonds is 3. The first-order valence-corrected chi connectivity index (χ1v) is 6.52. The van der Waals surface area contributed by atoms with Crippen LogP contribution in [0.3, 0.4) is 0 Å². The SMILES string of the molecule is O=[N+]([O-])c1cccc(C=C2C(NO)=C3CCN2CC3)c1. The van der Waals surface area contributed by atoms with Gasteiger partial charge in [-0.3, -0.25) is 20.8 Å². The van der Waals surface area contributed by atoms with Crippen LogP contribution in [0.4, 0.5) is 5.69 Å². The van der Waals surface area contributed by atoms with Crippen LogP contribution >= 0.6 is 0 Å². The number of nitrogens with zero attached hydrogens (tertiary/aromatic N) is 2. The Hall–Kier alpha value is -2.34. The Balaban J connectivity index is 2.01. The molecule has 4 rings (SSSR count). The van der Waals surface area contributed by atoms with Crippen molar-refractivity contribution in [2.24, 2.45) is 0 Å². The van der Waals surface area contributed by atoms with E-state index < -0.39 is 4.92 Å². The third-order valence-corrected chi connectivity index (χ3v) is 3.81. The molecule has 1 aromatic carbocycles. The maximum atomic E-state index is 10.8. The quantitative estimate of drug-likeness (QED) is 0.652. The van der Waals surface area contributed by atoms with Crippen LogP contribution in [-0.4, -0.2) is 28.1 Å². The maximum Gasteiger partial charge on any atom is 0.270 e. The lowest BCUT2D eigenvalue weighted by atomic mass is 9.93. The molecule has 0 amide bonds. The summed E-state index contributed by atoms with van der Waals surface area (Å²) in [5, 5.41) is 20.1. The highest BCUT2D eigenvalue weighted by molar-refractivity contribution is 5.61. The Bertz CT molecular complexity index is 612. The number of non-ortho nitro benzene ring substituents is 1. The molecule has 0 unspecified atom stereocenters. The lowest BCUT2D eigenvalue weighted by molar-refractivity contribution is -0.384. The number of nitro groups is 1. The fourth-order valence-electron chi connectivity index (χ4n) is 2.79. The van der Waals surface area contributed by atoms with Gasteiger partial charge in [-0.05, 0) is 30.1 Å². The fraction of sp³-hybridized carbons (Fsp3) is 0.286. The molecule has 3 aliphatic heterocycles. The fourth-order valence-corrected chi connectivity index (χ4v) is 2.79. The molecule has 0 atom stereocenters. The number of hydroxylamine groups is 1. The summed E-state index contributed by atoms with van der Waals surface area (Å²) in [5.41, 5.74) is 5.97. The summed E-state index contributed by atoms with van der Waals surface area (Å²) in [6.45, 7) is 1.86. The largest absolute Gasteiger partial charge is 0.369 e. The average Bonchev–Trinajstić information content (AvgIpc) is 2.48. The molecule has 0 aliphatic carbocycles. The van der Waals surface area contributed by atoms with Crippen LogP contribution < -0.4 is 5.48 Å². The highest BCUT2D eigenvalue weighted by Gasteiger charge is 2.28. The third kappa shape index (κ3) is 2.14. The van der Waals surface area contributed by atoms with Crippen LogP contribution in [0, 0.1) is 10.1 Å². The van der Waals surface area contributed by atoms with Gasteiger partial charge >= 0.3 is 0 Å². The molecule has 20 heavy (non-hydrogen) atoms. The van der Waals surface area contributed by atoms with E-state index in [1.165, 1.54) is 17.7 Å². The van der Waals surface area contributed by atoms with Crippen LogP contribution in [-0.2, 0) is 0 Å². The Kier molecular flexibility index (Phi) is 3.15. The predicted octanol–water partition coefficient (Wildman–Crippen LogP) is 2.28. The smallest absolute Gasteiger partial charge is 0.270 e. The molecule has 1 fully saturated rings. The van der Waals surface area contributed by atoms with Gasteiger partial charge in [0, 0.05) is 25.2 Å². The van der Waals surface area contributed by atoms with Gasteiger partial charge in [0.05, 0.1) is 16.3 Å². The average molecular weight is 273 g/mol. The van der Waals surface area contributed by atoms with E-state index in [0.29, 0.717) is 0 Å². The number of hydrogen-bond donors (Lipinski definition) is 2.